The SMILES string of the molecule is O=C(O)CNC(=O)Cc1ccc(O)cc1. The molecule has 1 rings (SSSR count). The molecule has 1 aromatic carbocycles. The first-order valence-electron chi connectivity index (χ1n) is 4.34. The van der Waals surface area contributed by atoms with Gasteiger partial charge in [-0.15, -0.1) is 0 Å². The Kier molecular flexibility index (Phi) is 3.68. The van der Waals surface area contributed by atoms with Crippen LogP contribution >= 0.6 is 0 Å². The monoisotopic (exact) mass is 209 g/mol. The van der Waals surface area contributed by atoms with Gasteiger partial charge >= 0.3 is 5.97 Å². The summed E-state index contributed by atoms with van der Waals surface area (Å²) in [5, 5.41) is 19.5. The van der Waals surface area contributed by atoms with Crippen LogP contribution in [0.4, 0.5) is 0 Å². The van der Waals surface area contributed by atoms with Gasteiger partial charge in [-0.25, -0.2) is 0 Å². The van der Waals surface area contributed by atoms with Crippen molar-refractivity contribution in [3.05, 3.63) is 29.8 Å². The first kappa shape index (κ1) is 11.0. The highest BCUT2D eigenvalue weighted by molar-refractivity contribution is 5.82. The van der Waals surface area contributed by atoms with E-state index < -0.39 is 5.97 Å². The van der Waals surface area contributed by atoms with Crippen LogP contribution in [0.1, 0.15) is 5.56 Å². The van der Waals surface area contributed by atoms with E-state index in [1.54, 1.807) is 12.1 Å². The number of benzene rings is 1. The van der Waals surface area contributed by atoms with E-state index in [-0.39, 0.29) is 24.6 Å². The zero-order valence-corrected chi connectivity index (χ0v) is 7.93. The highest BCUT2D eigenvalue weighted by atomic mass is 16.4. The standard InChI is InChI=1S/C10H11NO4/c12-8-3-1-7(2-4-8)5-9(13)11-6-10(14)15/h1-4,12H,5-6H2,(H,11,13)(H,14,15). The molecule has 0 spiro atoms. The number of carboxylic acid groups (broad SMARTS) is 1. The predicted octanol–water partition coefficient (Wildman–Crippen LogP) is 0.135. The lowest BCUT2D eigenvalue weighted by atomic mass is 10.1. The van der Waals surface area contributed by atoms with E-state index in [2.05, 4.69) is 5.32 Å². The Morgan fingerprint density at radius 2 is 1.80 bits per heavy atom. The minimum Gasteiger partial charge on any atom is -0.508 e. The molecule has 0 aliphatic carbocycles. The van der Waals surface area contributed by atoms with Crippen molar-refractivity contribution in [1.29, 1.82) is 0 Å². The van der Waals surface area contributed by atoms with Crippen molar-refractivity contribution in [2.24, 2.45) is 0 Å². The van der Waals surface area contributed by atoms with Crippen molar-refractivity contribution in [3.8, 4) is 5.75 Å². The van der Waals surface area contributed by atoms with Crippen LogP contribution in [0.2, 0.25) is 0 Å². The fourth-order valence-corrected chi connectivity index (χ4v) is 1.04. The topological polar surface area (TPSA) is 86.6 Å². The molecule has 0 saturated carbocycles. The molecule has 0 unspecified atom stereocenters. The third-order valence-corrected chi connectivity index (χ3v) is 1.74. The van der Waals surface area contributed by atoms with Gasteiger partial charge < -0.3 is 15.5 Å². The van der Waals surface area contributed by atoms with Crippen LogP contribution < -0.4 is 5.32 Å². The summed E-state index contributed by atoms with van der Waals surface area (Å²) >= 11 is 0. The molecule has 0 atom stereocenters. The highest BCUT2D eigenvalue weighted by Gasteiger charge is 2.04. The zero-order chi connectivity index (χ0) is 11.3. The van der Waals surface area contributed by atoms with Crippen molar-refractivity contribution in [3.63, 3.8) is 0 Å². The van der Waals surface area contributed by atoms with Gasteiger partial charge in [-0.1, -0.05) is 12.1 Å². The van der Waals surface area contributed by atoms with E-state index >= 15 is 0 Å². The molecule has 0 aliphatic heterocycles. The third-order valence-electron chi connectivity index (χ3n) is 1.74. The Labute approximate surface area is 86.4 Å². The molecule has 0 fully saturated rings. The lowest BCUT2D eigenvalue weighted by molar-refractivity contribution is -0.137. The Balaban J connectivity index is 2.44. The molecular formula is C10H11NO4. The lowest BCUT2D eigenvalue weighted by Gasteiger charge is -2.02. The summed E-state index contributed by atoms with van der Waals surface area (Å²) in [4.78, 5) is 21.3. The molecule has 5 nitrogen and oxygen atoms in total. The number of rotatable bonds is 4. The Bertz CT molecular complexity index is 358. The molecule has 0 aromatic heterocycles. The highest BCUT2D eigenvalue weighted by Crippen LogP contribution is 2.09. The van der Waals surface area contributed by atoms with Crippen LogP contribution in [0.3, 0.4) is 0 Å². The average molecular weight is 209 g/mol. The van der Waals surface area contributed by atoms with Gasteiger partial charge in [0.05, 0.1) is 6.42 Å². The molecule has 1 aromatic rings. The summed E-state index contributed by atoms with van der Waals surface area (Å²) in [5.41, 5.74) is 0.718. The van der Waals surface area contributed by atoms with Gasteiger partial charge in [0, 0.05) is 0 Å². The summed E-state index contributed by atoms with van der Waals surface area (Å²) in [7, 11) is 0. The molecule has 0 saturated heterocycles. The number of amides is 1. The largest absolute Gasteiger partial charge is 0.508 e. The van der Waals surface area contributed by atoms with E-state index in [4.69, 9.17) is 10.2 Å². The van der Waals surface area contributed by atoms with Gasteiger partial charge in [-0.05, 0) is 17.7 Å². The van der Waals surface area contributed by atoms with Gasteiger partial charge in [0.25, 0.3) is 0 Å². The third kappa shape index (κ3) is 4.12. The van der Waals surface area contributed by atoms with Crippen molar-refractivity contribution >= 4 is 11.9 Å². The number of phenols is 1. The molecule has 0 aliphatic rings. The number of aliphatic carboxylic acids is 1. The second-order valence-electron chi connectivity index (χ2n) is 3.01. The van der Waals surface area contributed by atoms with E-state index in [1.807, 2.05) is 0 Å². The molecular weight excluding hydrogens is 198 g/mol. The quantitative estimate of drug-likeness (QED) is 0.658. The Hall–Kier alpha value is -2.04. The van der Waals surface area contributed by atoms with Crippen LogP contribution in [0.25, 0.3) is 0 Å². The van der Waals surface area contributed by atoms with Crippen molar-refractivity contribution < 1.29 is 19.8 Å². The van der Waals surface area contributed by atoms with Crippen molar-refractivity contribution in [1.82, 2.24) is 5.32 Å². The molecule has 0 bridgehead atoms. The van der Waals surface area contributed by atoms with Crippen LogP contribution in [-0.2, 0) is 16.0 Å². The van der Waals surface area contributed by atoms with E-state index in [1.165, 1.54) is 12.1 Å². The second kappa shape index (κ2) is 4.99. The lowest BCUT2D eigenvalue weighted by Crippen LogP contribution is -2.30. The minimum absolute atomic E-state index is 0.105. The van der Waals surface area contributed by atoms with Gasteiger partial charge in [0.2, 0.25) is 5.91 Å². The number of carboxylic acids is 1. The van der Waals surface area contributed by atoms with Crippen LogP contribution in [0.15, 0.2) is 24.3 Å². The predicted molar refractivity (Wildman–Crippen MR) is 52.5 cm³/mol. The molecule has 5 heteroatoms. The number of carbonyl (C=O) groups excluding carboxylic acids is 1. The molecule has 80 valence electrons. The Morgan fingerprint density at radius 1 is 1.20 bits per heavy atom. The molecule has 0 heterocycles. The molecule has 3 N–H and O–H groups in total. The fraction of sp³-hybridized carbons (Fsp3) is 0.200. The van der Waals surface area contributed by atoms with Crippen LogP contribution in [0.5, 0.6) is 5.75 Å². The number of aromatic hydroxyl groups is 1. The molecule has 1 amide bonds. The van der Waals surface area contributed by atoms with Crippen molar-refractivity contribution in [2.45, 2.75) is 6.42 Å². The molecule has 0 radical (unpaired) electrons. The smallest absolute Gasteiger partial charge is 0.322 e. The maximum Gasteiger partial charge on any atom is 0.322 e. The normalized spacial score (nSPS) is 9.60. The minimum atomic E-state index is -1.07. The Morgan fingerprint density at radius 3 is 2.33 bits per heavy atom. The van der Waals surface area contributed by atoms with Gasteiger partial charge in [0.15, 0.2) is 0 Å². The van der Waals surface area contributed by atoms with Crippen molar-refractivity contribution in [2.75, 3.05) is 6.54 Å². The van der Waals surface area contributed by atoms with Crippen LogP contribution in [-0.4, -0.2) is 28.6 Å². The number of phenolic OH excluding ortho intramolecular Hbond substituents is 1. The maximum absolute atomic E-state index is 11.2. The first-order chi connectivity index (χ1) is 7.08. The van der Waals surface area contributed by atoms with Gasteiger partial charge in [-0.2, -0.15) is 0 Å². The number of carbonyl (C=O) groups is 2. The van der Waals surface area contributed by atoms with E-state index in [0.717, 1.165) is 5.56 Å². The summed E-state index contributed by atoms with van der Waals surface area (Å²) in [6, 6.07) is 6.16. The fourth-order valence-electron chi connectivity index (χ4n) is 1.04. The number of nitrogens with one attached hydrogen (secondary N) is 1. The maximum atomic E-state index is 11.2. The number of hydrogen-bond acceptors (Lipinski definition) is 3. The summed E-state index contributed by atoms with van der Waals surface area (Å²) in [6.45, 7) is -0.378. The zero-order valence-electron chi connectivity index (χ0n) is 7.93. The second-order valence-corrected chi connectivity index (χ2v) is 3.01. The van der Waals surface area contributed by atoms with E-state index in [9.17, 15) is 9.59 Å². The van der Waals surface area contributed by atoms with E-state index in [0.29, 0.717) is 0 Å². The molecule has 15 heavy (non-hydrogen) atoms. The van der Waals surface area contributed by atoms with Crippen LogP contribution in [0, 0.1) is 0 Å². The summed E-state index contributed by atoms with van der Waals surface area (Å²) in [5.74, 6) is -1.30. The first-order valence-corrected chi connectivity index (χ1v) is 4.34. The summed E-state index contributed by atoms with van der Waals surface area (Å²) < 4.78 is 0. The van der Waals surface area contributed by atoms with Gasteiger partial charge in [0.1, 0.15) is 12.3 Å². The number of hydrogen-bond donors (Lipinski definition) is 3. The summed E-state index contributed by atoms with van der Waals surface area (Å²) in [6.07, 6.45) is 0.105. The average Bonchev–Trinajstić information content (AvgIpc) is 2.19. The van der Waals surface area contributed by atoms with Gasteiger partial charge in [-0.3, -0.25) is 9.59 Å².